The Morgan fingerprint density at radius 2 is 1.76 bits per heavy atom. The Labute approximate surface area is 168 Å². The fourth-order valence-corrected chi connectivity index (χ4v) is 6.43. The highest BCUT2D eigenvalue weighted by Crippen LogP contribution is 2.60. The van der Waals surface area contributed by atoms with Crippen molar-refractivity contribution in [2.75, 3.05) is 6.61 Å². The van der Waals surface area contributed by atoms with Gasteiger partial charge in [-0.1, -0.05) is 0 Å². The van der Waals surface area contributed by atoms with Crippen LogP contribution in [0, 0.1) is 23.2 Å². The molecule has 4 atom stereocenters. The summed E-state index contributed by atoms with van der Waals surface area (Å²) in [5, 5.41) is 29.2. The van der Waals surface area contributed by atoms with E-state index in [2.05, 4.69) is 0 Å². The number of ether oxygens (including phenoxy) is 2. The number of carbonyl (C=O) groups excluding carboxylic acids is 1. The van der Waals surface area contributed by atoms with Crippen molar-refractivity contribution in [3.05, 3.63) is 28.7 Å². The zero-order chi connectivity index (χ0) is 20.3. The molecule has 4 aliphatic carbocycles. The van der Waals surface area contributed by atoms with Crippen LogP contribution in [0.3, 0.4) is 0 Å². The van der Waals surface area contributed by atoms with Gasteiger partial charge in [-0.15, -0.1) is 0 Å². The number of rotatable bonds is 4. The van der Waals surface area contributed by atoms with E-state index in [1.54, 1.807) is 0 Å². The van der Waals surface area contributed by atoms with Crippen LogP contribution in [0.4, 0.5) is 0 Å². The van der Waals surface area contributed by atoms with E-state index in [1.165, 1.54) is 37.6 Å². The van der Waals surface area contributed by atoms with Crippen molar-refractivity contribution >= 4 is 5.97 Å². The first-order valence-corrected chi connectivity index (χ1v) is 10.5. The van der Waals surface area contributed by atoms with Crippen LogP contribution in [0.15, 0.2) is 23.1 Å². The standard InChI is InChI=1S/C21H27NO7/c23-10-15-17(25)18(26)19(29-15)22-2-1-14(6-16(22)24)28-20(27)21-7-11-3-12(8-21)5-13(4-11)9-21/h1-2,6,11-13,15,17-19,23,25-26H,3-5,7-10H2/t11?,12?,13?,15-,17+,18-,19+,21?/m0/s1. The highest BCUT2D eigenvalue weighted by atomic mass is 16.6. The molecule has 1 aromatic rings. The monoisotopic (exact) mass is 405 g/mol. The Hall–Kier alpha value is -1.74. The molecule has 0 spiro atoms. The molecular weight excluding hydrogens is 378 g/mol. The maximum absolute atomic E-state index is 13.0. The molecule has 1 saturated heterocycles. The number of hydrogen-bond acceptors (Lipinski definition) is 7. The number of carbonyl (C=O) groups is 1. The molecule has 0 radical (unpaired) electrons. The van der Waals surface area contributed by atoms with Gasteiger partial charge in [0, 0.05) is 12.3 Å². The van der Waals surface area contributed by atoms with Crippen molar-refractivity contribution in [2.24, 2.45) is 23.2 Å². The predicted molar refractivity (Wildman–Crippen MR) is 100.0 cm³/mol. The molecule has 2 heterocycles. The van der Waals surface area contributed by atoms with Gasteiger partial charge in [-0.05, 0) is 62.3 Å². The van der Waals surface area contributed by atoms with E-state index in [1.807, 2.05) is 0 Å². The Morgan fingerprint density at radius 3 is 2.28 bits per heavy atom. The summed E-state index contributed by atoms with van der Waals surface area (Å²) in [5.41, 5.74) is -0.928. The lowest BCUT2D eigenvalue weighted by Gasteiger charge is -2.55. The summed E-state index contributed by atoms with van der Waals surface area (Å²) in [6, 6.07) is 2.70. The van der Waals surface area contributed by atoms with Crippen LogP contribution in [0.1, 0.15) is 44.8 Å². The number of pyridine rings is 1. The lowest BCUT2D eigenvalue weighted by Crippen LogP contribution is -2.51. The molecule has 3 N–H and O–H groups in total. The first-order valence-electron chi connectivity index (χ1n) is 10.5. The fourth-order valence-electron chi connectivity index (χ4n) is 6.43. The predicted octanol–water partition coefficient (Wildman–Crippen LogP) is 0.582. The van der Waals surface area contributed by atoms with Gasteiger partial charge < -0.3 is 24.8 Å². The summed E-state index contributed by atoms with van der Waals surface area (Å²) in [5.74, 6) is 1.80. The zero-order valence-corrected chi connectivity index (χ0v) is 16.1. The van der Waals surface area contributed by atoms with E-state index in [4.69, 9.17) is 9.47 Å². The summed E-state index contributed by atoms with van der Waals surface area (Å²) in [6.45, 7) is -0.468. The van der Waals surface area contributed by atoms with Crippen molar-refractivity contribution in [3.63, 3.8) is 0 Å². The molecular formula is C21H27NO7. The minimum atomic E-state index is -1.34. The molecule has 1 aromatic heterocycles. The number of esters is 1. The van der Waals surface area contributed by atoms with E-state index in [-0.39, 0.29) is 11.7 Å². The summed E-state index contributed by atoms with van der Waals surface area (Å²) < 4.78 is 12.2. The normalized spacial score (nSPS) is 42.9. The van der Waals surface area contributed by atoms with Gasteiger partial charge in [0.25, 0.3) is 5.56 Å². The third-order valence-electron chi connectivity index (χ3n) is 7.39. The molecule has 0 amide bonds. The first kappa shape index (κ1) is 19.2. The molecule has 0 aromatic carbocycles. The van der Waals surface area contributed by atoms with Gasteiger partial charge in [0.1, 0.15) is 24.1 Å². The van der Waals surface area contributed by atoms with Gasteiger partial charge in [-0.25, -0.2) is 0 Å². The minimum absolute atomic E-state index is 0.179. The van der Waals surface area contributed by atoms with E-state index in [0.29, 0.717) is 17.8 Å². The Bertz CT molecular complexity index is 830. The highest BCUT2D eigenvalue weighted by Gasteiger charge is 2.55. The van der Waals surface area contributed by atoms with Gasteiger partial charge in [-0.3, -0.25) is 14.2 Å². The maximum atomic E-state index is 13.0. The van der Waals surface area contributed by atoms with E-state index >= 15 is 0 Å². The Balaban J connectivity index is 1.33. The van der Waals surface area contributed by atoms with Crippen LogP contribution < -0.4 is 10.3 Å². The fraction of sp³-hybridized carbons (Fsp3) is 0.714. The molecule has 29 heavy (non-hydrogen) atoms. The number of nitrogens with zero attached hydrogens (tertiary/aromatic N) is 1. The minimum Gasteiger partial charge on any atom is -0.426 e. The van der Waals surface area contributed by atoms with Crippen LogP contribution in [-0.4, -0.2) is 50.8 Å². The average Bonchev–Trinajstić information content (AvgIpc) is 2.95. The number of aliphatic hydroxyl groups excluding tert-OH is 3. The average molecular weight is 405 g/mol. The van der Waals surface area contributed by atoms with Crippen molar-refractivity contribution in [1.82, 2.24) is 4.57 Å². The first-order chi connectivity index (χ1) is 13.9. The second-order valence-corrected chi connectivity index (χ2v) is 9.42. The zero-order valence-electron chi connectivity index (χ0n) is 16.1. The lowest BCUT2D eigenvalue weighted by molar-refractivity contribution is -0.161. The molecule has 0 unspecified atom stereocenters. The molecule has 6 rings (SSSR count). The van der Waals surface area contributed by atoms with E-state index in [0.717, 1.165) is 23.8 Å². The van der Waals surface area contributed by atoms with Crippen molar-refractivity contribution in [1.29, 1.82) is 0 Å². The third-order valence-corrected chi connectivity index (χ3v) is 7.39. The second-order valence-electron chi connectivity index (χ2n) is 9.42. The topological polar surface area (TPSA) is 118 Å². The molecule has 5 fully saturated rings. The third kappa shape index (κ3) is 3.13. The lowest BCUT2D eigenvalue weighted by atomic mass is 9.49. The quantitative estimate of drug-likeness (QED) is 0.627. The van der Waals surface area contributed by atoms with E-state index in [9.17, 15) is 24.9 Å². The second kappa shape index (κ2) is 6.91. The van der Waals surface area contributed by atoms with Gasteiger partial charge >= 0.3 is 5.97 Å². The SMILES string of the molecule is O=C(Oc1ccn([C@@H]2O[C@@H](CO)[C@@H](O)[C@@H]2O)c(=O)c1)C12CC3CC(CC(C3)C1)C2. The molecule has 8 heteroatoms. The van der Waals surface area contributed by atoms with E-state index < -0.39 is 42.1 Å². The Kier molecular flexibility index (Phi) is 4.58. The van der Waals surface area contributed by atoms with Crippen molar-refractivity contribution < 1.29 is 29.6 Å². The van der Waals surface area contributed by atoms with Gasteiger partial charge in [0.2, 0.25) is 0 Å². The molecule has 4 saturated carbocycles. The number of aliphatic hydroxyl groups is 3. The van der Waals surface area contributed by atoms with Gasteiger partial charge in [-0.2, -0.15) is 0 Å². The maximum Gasteiger partial charge on any atom is 0.317 e. The van der Waals surface area contributed by atoms with Crippen LogP contribution >= 0.6 is 0 Å². The van der Waals surface area contributed by atoms with Gasteiger partial charge in [0.05, 0.1) is 12.0 Å². The Morgan fingerprint density at radius 1 is 1.14 bits per heavy atom. The molecule has 158 valence electrons. The highest BCUT2D eigenvalue weighted by molar-refractivity contribution is 5.79. The largest absolute Gasteiger partial charge is 0.426 e. The van der Waals surface area contributed by atoms with Crippen molar-refractivity contribution in [3.8, 4) is 5.75 Å². The molecule has 5 aliphatic rings. The molecule has 1 aliphatic heterocycles. The smallest absolute Gasteiger partial charge is 0.317 e. The van der Waals surface area contributed by atoms with Crippen molar-refractivity contribution in [2.45, 2.75) is 63.1 Å². The summed E-state index contributed by atoms with van der Waals surface area (Å²) in [6.07, 6.45) is 3.03. The molecule has 8 nitrogen and oxygen atoms in total. The summed E-state index contributed by atoms with van der Waals surface area (Å²) in [4.78, 5) is 25.6. The number of hydrogen-bond donors (Lipinski definition) is 3. The number of aromatic nitrogens is 1. The summed E-state index contributed by atoms with van der Waals surface area (Å²) >= 11 is 0. The van der Waals surface area contributed by atoms with Crippen LogP contribution in [-0.2, 0) is 9.53 Å². The van der Waals surface area contributed by atoms with Crippen LogP contribution in [0.25, 0.3) is 0 Å². The van der Waals surface area contributed by atoms with Crippen LogP contribution in [0.2, 0.25) is 0 Å². The summed E-state index contributed by atoms with van der Waals surface area (Å²) in [7, 11) is 0. The molecule has 4 bridgehead atoms. The van der Waals surface area contributed by atoms with Crippen LogP contribution in [0.5, 0.6) is 5.75 Å². The van der Waals surface area contributed by atoms with Gasteiger partial charge in [0.15, 0.2) is 6.23 Å².